The number of nitrogens with two attached hydrogens (primary N) is 1. The Morgan fingerprint density at radius 1 is 1.50 bits per heavy atom. The van der Waals surface area contributed by atoms with E-state index in [-0.39, 0.29) is 0 Å². The Morgan fingerprint density at radius 3 is 2.75 bits per heavy atom. The number of hydrogen-bond acceptors (Lipinski definition) is 1. The summed E-state index contributed by atoms with van der Waals surface area (Å²) in [4.78, 5) is 0. The molecule has 1 nitrogen and oxygen atoms in total. The van der Waals surface area contributed by atoms with E-state index in [2.05, 4.69) is 18.2 Å². The molecule has 0 aliphatic heterocycles. The zero-order valence-electron chi connectivity index (χ0n) is 4.93. The minimum atomic E-state index is 0.727. The van der Waals surface area contributed by atoms with E-state index < -0.39 is 0 Å². The topological polar surface area (TPSA) is 26.0 Å². The average molecular weight is 109 g/mol. The molecule has 1 aliphatic carbocycles. The first kappa shape index (κ1) is 5.57. The Labute approximate surface area is 49.9 Å². The maximum Gasteiger partial charge on any atom is 0.0140 e. The molecule has 0 saturated heterocycles. The Balaban J connectivity index is 2.43. The third kappa shape index (κ3) is 1.20. The third-order valence-electron chi connectivity index (χ3n) is 1.35. The smallest absolute Gasteiger partial charge is 0.0140 e. The molecule has 1 aliphatic rings. The lowest BCUT2D eigenvalue weighted by molar-refractivity contribution is 1.02. The molecule has 1 heteroatoms. The van der Waals surface area contributed by atoms with Crippen LogP contribution in [0.4, 0.5) is 0 Å². The molecule has 1 rings (SSSR count). The van der Waals surface area contributed by atoms with E-state index in [4.69, 9.17) is 5.73 Å². The molecule has 0 spiro atoms. The Bertz CT molecular complexity index is 122. The summed E-state index contributed by atoms with van der Waals surface area (Å²) in [6.07, 6.45) is 8.67. The van der Waals surface area contributed by atoms with E-state index >= 15 is 0 Å². The average Bonchev–Trinajstić information content (AvgIpc) is 1.90. The molecular formula is C7H11N. The van der Waals surface area contributed by atoms with Crippen LogP contribution >= 0.6 is 0 Å². The molecule has 0 heterocycles. The highest BCUT2D eigenvalue weighted by molar-refractivity contribution is 5.15. The van der Waals surface area contributed by atoms with Crippen molar-refractivity contribution in [3.63, 3.8) is 0 Å². The van der Waals surface area contributed by atoms with Crippen molar-refractivity contribution in [2.75, 3.05) is 6.54 Å². The summed E-state index contributed by atoms with van der Waals surface area (Å²) in [6.45, 7) is 0.727. The number of rotatable bonds is 1. The monoisotopic (exact) mass is 109 g/mol. The van der Waals surface area contributed by atoms with E-state index in [0.29, 0.717) is 0 Å². The second-order valence-corrected chi connectivity index (χ2v) is 1.98. The molecule has 0 amide bonds. The van der Waals surface area contributed by atoms with Gasteiger partial charge in [0.05, 0.1) is 0 Å². The van der Waals surface area contributed by atoms with E-state index in [9.17, 15) is 0 Å². The van der Waals surface area contributed by atoms with Gasteiger partial charge in [0, 0.05) is 6.54 Å². The predicted octanol–water partition coefficient (Wildman–Crippen LogP) is 1.22. The van der Waals surface area contributed by atoms with E-state index in [0.717, 1.165) is 19.4 Å². The van der Waals surface area contributed by atoms with Crippen LogP contribution in [-0.4, -0.2) is 6.54 Å². The van der Waals surface area contributed by atoms with Crippen LogP contribution in [0.1, 0.15) is 12.8 Å². The van der Waals surface area contributed by atoms with E-state index in [1.165, 1.54) is 5.57 Å². The highest BCUT2D eigenvalue weighted by Crippen LogP contribution is 2.07. The maximum atomic E-state index is 5.40. The first-order chi connectivity index (χ1) is 3.93. The molecule has 0 unspecified atom stereocenters. The van der Waals surface area contributed by atoms with Crippen LogP contribution in [-0.2, 0) is 0 Å². The fraction of sp³-hybridized carbons (Fsp3) is 0.429. The largest absolute Gasteiger partial charge is 0.327 e. The molecule has 0 aromatic carbocycles. The molecule has 0 saturated carbocycles. The van der Waals surface area contributed by atoms with Crippen LogP contribution in [0.25, 0.3) is 0 Å². The van der Waals surface area contributed by atoms with Crippen molar-refractivity contribution < 1.29 is 0 Å². The van der Waals surface area contributed by atoms with Gasteiger partial charge in [0.1, 0.15) is 0 Å². The van der Waals surface area contributed by atoms with Gasteiger partial charge in [-0.3, -0.25) is 0 Å². The van der Waals surface area contributed by atoms with Crippen molar-refractivity contribution in [2.24, 2.45) is 5.73 Å². The van der Waals surface area contributed by atoms with E-state index in [1.54, 1.807) is 0 Å². The standard InChI is InChI=1S/C7H11N/c8-6-7-4-2-1-3-5-7/h1-2,5H,3-4,6,8H2. The molecule has 44 valence electrons. The minimum Gasteiger partial charge on any atom is -0.327 e. The first-order valence-corrected chi connectivity index (χ1v) is 2.96. The zero-order valence-corrected chi connectivity index (χ0v) is 4.93. The zero-order chi connectivity index (χ0) is 5.82. The summed E-state index contributed by atoms with van der Waals surface area (Å²) in [5.74, 6) is 0. The van der Waals surface area contributed by atoms with Crippen molar-refractivity contribution in [2.45, 2.75) is 12.8 Å². The molecule has 8 heavy (non-hydrogen) atoms. The summed E-state index contributed by atoms with van der Waals surface area (Å²) in [6, 6.07) is 0. The van der Waals surface area contributed by atoms with Gasteiger partial charge in [-0.15, -0.1) is 0 Å². The molecule has 0 aromatic rings. The van der Waals surface area contributed by atoms with Gasteiger partial charge in [0.15, 0.2) is 0 Å². The van der Waals surface area contributed by atoms with Crippen LogP contribution in [0.15, 0.2) is 23.8 Å². The van der Waals surface area contributed by atoms with Crippen molar-refractivity contribution in [1.29, 1.82) is 0 Å². The summed E-state index contributed by atoms with van der Waals surface area (Å²) in [5.41, 5.74) is 6.77. The molecule has 0 aromatic heterocycles. The van der Waals surface area contributed by atoms with Gasteiger partial charge in [-0.05, 0) is 12.8 Å². The van der Waals surface area contributed by atoms with Crippen LogP contribution in [0, 0.1) is 0 Å². The Kier molecular flexibility index (Phi) is 1.86. The highest BCUT2D eigenvalue weighted by Gasteiger charge is 1.92. The normalized spacial score (nSPS) is 18.4. The second kappa shape index (κ2) is 2.68. The van der Waals surface area contributed by atoms with Gasteiger partial charge in [-0.1, -0.05) is 23.8 Å². The SMILES string of the molecule is NCC1=CCC=CC1. The van der Waals surface area contributed by atoms with Crippen molar-refractivity contribution >= 4 is 0 Å². The van der Waals surface area contributed by atoms with Gasteiger partial charge in [0.2, 0.25) is 0 Å². The lowest BCUT2D eigenvalue weighted by Crippen LogP contribution is -2.03. The second-order valence-electron chi connectivity index (χ2n) is 1.98. The minimum absolute atomic E-state index is 0.727. The van der Waals surface area contributed by atoms with Gasteiger partial charge in [-0.25, -0.2) is 0 Å². The fourth-order valence-electron chi connectivity index (χ4n) is 0.816. The van der Waals surface area contributed by atoms with Crippen LogP contribution in [0.2, 0.25) is 0 Å². The van der Waals surface area contributed by atoms with Gasteiger partial charge < -0.3 is 5.73 Å². The first-order valence-electron chi connectivity index (χ1n) is 2.96. The summed E-state index contributed by atoms with van der Waals surface area (Å²) in [5, 5.41) is 0. The lowest BCUT2D eigenvalue weighted by atomic mass is 10.1. The molecule has 0 radical (unpaired) electrons. The molecule has 0 fully saturated rings. The Morgan fingerprint density at radius 2 is 2.38 bits per heavy atom. The summed E-state index contributed by atoms with van der Waals surface area (Å²) < 4.78 is 0. The molecule has 0 atom stereocenters. The predicted molar refractivity (Wildman–Crippen MR) is 35.5 cm³/mol. The van der Waals surface area contributed by atoms with Crippen molar-refractivity contribution in [3.8, 4) is 0 Å². The lowest BCUT2D eigenvalue weighted by Gasteiger charge is -2.02. The molecule has 0 bridgehead atoms. The molecular weight excluding hydrogens is 98.1 g/mol. The van der Waals surface area contributed by atoms with Crippen molar-refractivity contribution in [3.05, 3.63) is 23.8 Å². The Hall–Kier alpha value is -0.560. The van der Waals surface area contributed by atoms with Crippen LogP contribution in [0.5, 0.6) is 0 Å². The summed E-state index contributed by atoms with van der Waals surface area (Å²) >= 11 is 0. The summed E-state index contributed by atoms with van der Waals surface area (Å²) in [7, 11) is 0. The van der Waals surface area contributed by atoms with Gasteiger partial charge in [0.25, 0.3) is 0 Å². The third-order valence-corrected chi connectivity index (χ3v) is 1.35. The maximum absolute atomic E-state index is 5.40. The fourth-order valence-corrected chi connectivity index (χ4v) is 0.816. The van der Waals surface area contributed by atoms with Crippen molar-refractivity contribution in [1.82, 2.24) is 0 Å². The molecule has 2 N–H and O–H groups in total. The van der Waals surface area contributed by atoms with Gasteiger partial charge in [-0.2, -0.15) is 0 Å². The quantitative estimate of drug-likeness (QED) is 0.503. The van der Waals surface area contributed by atoms with Gasteiger partial charge >= 0.3 is 0 Å². The number of hydrogen-bond donors (Lipinski definition) is 1. The van der Waals surface area contributed by atoms with E-state index in [1.807, 2.05) is 0 Å². The number of allylic oxidation sites excluding steroid dienone is 3. The van der Waals surface area contributed by atoms with Crippen LogP contribution in [0.3, 0.4) is 0 Å². The van der Waals surface area contributed by atoms with Crippen LogP contribution < -0.4 is 5.73 Å². The highest BCUT2D eigenvalue weighted by atomic mass is 14.5.